The lowest BCUT2D eigenvalue weighted by Crippen LogP contribution is -2.31. The van der Waals surface area contributed by atoms with Gasteiger partial charge >= 0.3 is 5.97 Å². The van der Waals surface area contributed by atoms with Crippen molar-refractivity contribution in [3.63, 3.8) is 0 Å². The standard InChI is InChI=1S/C15H19NO2/c17-15(18)14(16-8-1-2-9-16)13-7-6-11-4-3-5-12(11)10-13/h6-7,10,14H,1-5,8-9H2,(H,17,18). The van der Waals surface area contributed by atoms with E-state index in [1.165, 1.54) is 17.5 Å². The van der Waals surface area contributed by atoms with Crippen molar-refractivity contribution in [2.24, 2.45) is 0 Å². The summed E-state index contributed by atoms with van der Waals surface area (Å²) in [6.45, 7) is 1.82. The van der Waals surface area contributed by atoms with Crippen LogP contribution in [0.3, 0.4) is 0 Å². The Hall–Kier alpha value is -1.35. The monoisotopic (exact) mass is 245 g/mol. The molecule has 1 aliphatic carbocycles. The summed E-state index contributed by atoms with van der Waals surface area (Å²) >= 11 is 0. The number of benzene rings is 1. The van der Waals surface area contributed by atoms with E-state index < -0.39 is 12.0 Å². The molecule has 3 rings (SSSR count). The number of hydrogen-bond acceptors (Lipinski definition) is 2. The summed E-state index contributed by atoms with van der Waals surface area (Å²) in [5.41, 5.74) is 3.73. The van der Waals surface area contributed by atoms with E-state index in [1.54, 1.807) is 0 Å². The number of nitrogens with zero attached hydrogens (tertiary/aromatic N) is 1. The second-order valence-corrected chi connectivity index (χ2v) is 5.37. The van der Waals surface area contributed by atoms with Crippen molar-refractivity contribution in [3.8, 4) is 0 Å². The molecule has 3 heteroatoms. The molecule has 1 unspecified atom stereocenters. The number of aliphatic carboxylic acids is 1. The molecule has 1 heterocycles. The van der Waals surface area contributed by atoms with E-state index in [9.17, 15) is 9.90 Å². The van der Waals surface area contributed by atoms with Gasteiger partial charge in [0.1, 0.15) is 6.04 Å². The highest BCUT2D eigenvalue weighted by molar-refractivity contribution is 5.75. The van der Waals surface area contributed by atoms with Gasteiger partial charge in [-0.05, 0) is 61.9 Å². The number of fused-ring (bicyclic) bond motifs is 1. The van der Waals surface area contributed by atoms with Gasteiger partial charge in [-0.25, -0.2) is 0 Å². The minimum Gasteiger partial charge on any atom is -0.480 e. The highest BCUT2D eigenvalue weighted by Gasteiger charge is 2.30. The first-order valence-electron chi connectivity index (χ1n) is 6.84. The van der Waals surface area contributed by atoms with E-state index in [0.717, 1.165) is 44.3 Å². The number of hydrogen-bond donors (Lipinski definition) is 1. The molecule has 18 heavy (non-hydrogen) atoms. The van der Waals surface area contributed by atoms with E-state index in [0.29, 0.717) is 0 Å². The lowest BCUT2D eigenvalue weighted by atomic mass is 10.0. The fourth-order valence-electron chi connectivity index (χ4n) is 3.27. The number of carboxylic acids is 1. The zero-order valence-corrected chi connectivity index (χ0v) is 10.6. The van der Waals surface area contributed by atoms with Crippen LogP contribution in [0.5, 0.6) is 0 Å². The Morgan fingerprint density at radius 2 is 1.83 bits per heavy atom. The van der Waals surface area contributed by atoms with Crippen molar-refractivity contribution in [1.82, 2.24) is 4.90 Å². The molecule has 2 aliphatic rings. The predicted octanol–water partition coefficient (Wildman–Crippen LogP) is 2.40. The van der Waals surface area contributed by atoms with Gasteiger partial charge in [0.05, 0.1) is 0 Å². The van der Waals surface area contributed by atoms with E-state index >= 15 is 0 Å². The molecule has 96 valence electrons. The molecule has 1 atom stereocenters. The summed E-state index contributed by atoms with van der Waals surface area (Å²) in [6, 6.07) is 5.82. The maximum atomic E-state index is 11.5. The molecule has 0 amide bonds. The molecule has 1 aromatic carbocycles. The van der Waals surface area contributed by atoms with E-state index in [4.69, 9.17) is 0 Å². The quantitative estimate of drug-likeness (QED) is 0.889. The molecule has 1 aromatic rings. The van der Waals surface area contributed by atoms with Crippen LogP contribution in [-0.4, -0.2) is 29.1 Å². The zero-order valence-electron chi connectivity index (χ0n) is 10.6. The number of aryl methyl sites for hydroxylation is 2. The van der Waals surface area contributed by atoms with Crippen molar-refractivity contribution >= 4 is 5.97 Å². The molecule has 0 radical (unpaired) electrons. The van der Waals surface area contributed by atoms with Crippen molar-refractivity contribution in [3.05, 3.63) is 34.9 Å². The lowest BCUT2D eigenvalue weighted by Gasteiger charge is -2.24. The lowest BCUT2D eigenvalue weighted by molar-refractivity contribution is -0.143. The van der Waals surface area contributed by atoms with Crippen LogP contribution in [0.15, 0.2) is 18.2 Å². The Morgan fingerprint density at radius 1 is 1.11 bits per heavy atom. The smallest absolute Gasteiger partial charge is 0.325 e. The minimum absolute atomic E-state index is 0.446. The fraction of sp³-hybridized carbons (Fsp3) is 0.533. The third kappa shape index (κ3) is 2.03. The molecule has 1 fully saturated rings. The first kappa shape index (κ1) is 11.7. The summed E-state index contributed by atoms with van der Waals surface area (Å²) in [4.78, 5) is 13.6. The van der Waals surface area contributed by atoms with Gasteiger partial charge in [0.15, 0.2) is 0 Å². The van der Waals surface area contributed by atoms with Crippen LogP contribution < -0.4 is 0 Å². The second kappa shape index (κ2) is 4.73. The Labute approximate surface area is 107 Å². The molecule has 0 bridgehead atoms. The minimum atomic E-state index is -0.713. The number of likely N-dealkylation sites (tertiary alicyclic amines) is 1. The normalized spacial score (nSPS) is 20.9. The Morgan fingerprint density at radius 3 is 2.56 bits per heavy atom. The van der Waals surface area contributed by atoms with Gasteiger partial charge in [-0.15, -0.1) is 0 Å². The number of rotatable bonds is 3. The molecule has 0 spiro atoms. The summed E-state index contributed by atoms with van der Waals surface area (Å²) in [7, 11) is 0. The van der Waals surface area contributed by atoms with E-state index in [2.05, 4.69) is 17.0 Å². The van der Waals surface area contributed by atoms with Gasteiger partial charge in [-0.2, -0.15) is 0 Å². The highest BCUT2D eigenvalue weighted by Crippen LogP contribution is 2.30. The summed E-state index contributed by atoms with van der Waals surface area (Å²) in [5, 5.41) is 9.49. The molecule has 1 N–H and O–H groups in total. The van der Waals surface area contributed by atoms with Crippen molar-refractivity contribution in [2.45, 2.75) is 38.1 Å². The Balaban J connectivity index is 1.92. The summed E-state index contributed by atoms with van der Waals surface area (Å²) in [6.07, 6.45) is 5.70. The van der Waals surface area contributed by atoms with Crippen LogP contribution in [-0.2, 0) is 17.6 Å². The fourth-order valence-corrected chi connectivity index (χ4v) is 3.27. The summed E-state index contributed by atoms with van der Waals surface area (Å²) < 4.78 is 0. The number of carbonyl (C=O) groups is 1. The van der Waals surface area contributed by atoms with E-state index in [1.807, 2.05) is 6.07 Å². The molecule has 0 saturated carbocycles. The van der Waals surface area contributed by atoms with Crippen molar-refractivity contribution in [1.29, 1.82) is 0 Å². The van der Waals surface area contributed by atoms with Crippen LogP contribution in [0.2, 0.25) is 0 Å². The zero-order chi connectivity index (χ0) is 12.5. The van der Waals surface area contributed by atoms with Crippen molar-refractivity contribution in [2.75, 3.05) is 13.1 Å². The average molecular weight is 245 g/mol. The molecule has 3 nitrogen and oxygen atoms in total. The maximum absolute atomic E-state index is 11.5. The Bertz CT molecular complexity index is 464. The molecular weight excluding hydrogens is 226 g/mol. The second-order valence-electron chi connectivity index (χ2n) is 5.37. The van der Waals surface area contributed by atoms with E-state index in [-0.39, 0.29) is 0 Å². The maximum Gasteiger partial charge on any atom is 0.325 e. The SMILES string of the molecule is O=C(O)C(c1ccc2c(c1)CCC2)N1CCCC1. The van der Waals surface area contributed by atoms with Crippen LogP contribution >= 0.6 is 0 Å². The largest absolute Gasteiger partial charge is 0.480 e. The van der Waals surface area contributed by atoms with Gasteiger partial charge in [-0.3, -0.25) is 9.69 Å². The molecule has 1 aliphatic heterocycles. The van der Waals surface area contributed by atoms with Gasteiger partial charge in [0, 0.05) is 0 Å². The van der Waals surface area contributed by atoms with Gasteiger partial charge in [-0.1, -0.05) is 18.2 Å². The summed E-state index contributed by atoms with van der Waals surface area (Å²) in [5.74, 6) is -0.713. The Kier molecular flexibility index (Phi) is 3.08. The molecule has 0 aromatic heterocycles. The predicted molar refractivity (Wildman–Crippen MR) is 69.7 cm³/mol. The third-order valence-electron chi connectivity index (χ3n) is 4.18. The average Bonchev–Trinajstić information content (AvgIpc) is 2.98. The molecule has 1 saturated heterocycles. The van der Waals surface area contributed by atoms with Crippen LogP contribution in [0, 0.1) is 0 Å². The van der Waals surface area contributed by atoms with Crippen molar-refractivity contribution < 1.29 is 9.90 Å². The van der Waals surface area contributed by atoms with Gasteiger partial charge < -0.3 is 5.11 Å². The van der Waals surface area contributed by atoms with Crippen LogP contribution in [0.1, 0.15) is 42.0 Å². The highest BCUT2D eigenvalue weighted by atomic mass is 16.4. The first-order valence-corrected chi connectivity index (χ1v) is 6.84. The van der Waals surface area contributed by atoms with Gasteiger partial charge in [0.25, 0.3) is 0 Å². The third-order valence-corrected chi connectivity index (χ3v) is 4.18. The van der Waals surface area contributed by atoms with Crippen LogP contribution in [0.4, 0.5) is 0 Å². The first-order chi connectivity index (χ1) is 8.75. The topological polar surface area (TPSA) is 40.5 Å². The molecular formula is C15H19NO2. The van der Waals surface area contributed by atoms with Gasteiger partial charge in [0.2, 0.25) is 0 Å². The van der Waals surface area contributed by atoms with Crippen LogP contribution in [0.25, 0.3) is 0 Å². The number of carboxylic acid groups (broad SMARTS) is 1.